The lowest BCUT2D eigenvalue weighted by molar-refractivity contribution is -0.387. The molecular weight excluding hydrogens is 952 g/mol. The molecule has 3 heterocycles. The zero-order valence-corrected chi connectivity index (χ0v) is 38.1. The average molecular weight is 997 g/mol. The van der Waals surface area contributed by atoms with Crippen LogP contribution in [0.4, 0.5) is 50.9 Å². The number of nitro groups is 1. The fraction of sp³-hybridized carbons (Fsp3) is 0.333. The van der Waals surface area contributed by atoms with Crippen LogP contribution in [-0.2, 0) is 38.2 Å². The summed E-state index contributed by atoms with van der Waals surface area (Å²) in [5.74, 6) is 0. The van der Waals surface area contributed by atoms with Crippen molar-refractivity contribution < 1.29 is 44.4 Å². The van der Waals surface area contributed by atoms with Crippen molar-refractivity contribution in [3.63, 3.8) is 0 Å². The molecule has 0 fully saturated rings. The van der Waals surface area contributed by atoms with E-state index in [2.05, 4.69) is 0 Å². The van der Waals surface area contributed by atoms with E-state index in [0.29, 0.717) is 35.6 Å². The number of nitrogens with two attached hydrogens (primary N) is 1. The van der Waals surface area contributed by atoms with Crippen LogP contribution in [0.15, 0.2) is 108 Å². The van der Waals surface area contributed by atoms with Crippen molar-refractivity contribution in [1.82, 2.24) is 27.4 Å². The molecule has 0 radical (unpaired) electrons. The molecule has 0 bridgehead atoms. The molecule has 0 amide bonds. The van der Waals surface area contributed by atoms with Gasteiger partial charge in [-0.1, -0.05) is 39.0 Å². The van der Waals surface area contributed by atoms with E-state index in [1.165, 1.54) is 50.2 Å². The Kier molecular flexibility index (Phi) is 17.0. The minimum absolute atomic E-state index is 0.0129. The monoisotopic (exact) mass is 996 g/mol. The fourth-order valence-corrected chi connectivity index (χ4v) is 7.07. The zero-order chi connectivity index (χ0) is 52.8. The van der Waals surface area contributed by atoms with Crippen LogP contribution in [0.5, 0.6) is 0 Å². The number of hydrogen-bond donors (Lipinski definition) is 1. The molecule has 0 aliphatic rings. The van der Waals surface area contributed by atoms with E-state index in [0.717, 1.165) is 66.2 Å². The predicted molar refractivity (Wildman–Crippen MR) is 240 cm³/mol. The van der Waals surface area contributed by atoms with Gasteiger partial charge < -0.3 is 5.73 Å². The molecule has 16 nitrogen and oxygen atoms in total. The summed E-state index contributed by atoms with van der Waals surface area (Å²) in [6.45, 7) is 9.60. The summed E-state index contributed by atoms with van der Waals surface area (Å²) in [5.41, 5.74) is -2.44. The molecule has 0 saturated heterocycles. The number of alkyl halides is 9. The van der Waals surface area contributed by atoms with Gasteiger partial charge in [-0.25, -0.2) is 14.4 Å². The molecule has 3 aromatic heterocycles. The minimum Gasteiger partial charge on any atom is -0.393 e. The Balaban J connectivity index is 0.000000229. The van der Waals surface area contributed by atoms with Crippen molar-refractivity contribution in [2.75, 3.05) is 5.73 Å². The molecule has 3 aromatic carbocycles. The molecule has 6 rings (SSSR count). The first-order chi connectivity index (χ1) is 32.5. The number of aromatic nitrogens is 6. The third kappa shape index (κ3) is 11.9. The van der Waals surface area contributed by atoms with Gasteiger partial charge in [-0.2, -0.15) is 39.5 Å². The molecule has 70 heavy (non-hydrogen) atoms. The van der Waals surface area contributed by atoms with Crippen molar-refractivity contribution >= 4 is 11.4 Å². The van der Waals surface area contributed by atoms with Crippen molar-refractivity contribution in [3.05, 3.63) is 185 Å². The van der Waals surface area contributed by atoms with Gasteiger partial charge in [0.25, 0.3) is 11.1 Å². The van der Waals surface area contributed by atoms with E-state index in [-0.39, 0.29) is 53.8 Å². The Morgan fingerprint density at radius 1 is 0.514 bits per heavy atom. The number of aryl methyl sites for hydroxylation is 1. The predicted octanol–water partition coefficient (Wildman–Crippen LogP) is 7.70. The first-order valence-corrected chi connectivity index (χ1v) is 21.0. The molecule has 0 saturated carbocycles. The molecule has 0 spiro atoms. The normalized spacial score (nSPS) is 11.6. The highest BCUT2D eigenvalue weighted by molar-refractivity contribution is 5.47. The van der Waals surface area contributed by atoms with Crippen LogP contribution in [0.2, 0.25) is 0 Å². The second-order valence-corrected chi connectivity index (χ2v) is 15.4. The number of hydrogen-bond acceptors (Lipinski definition) is 9. The minimum atomic E-state index is -4.64. The van der Waals surface area contributed by atoms with Gasteiger partial charge >= 0.3 is 46.8 Å². The SMILES string of the molecule is CCCn1c(=O)c(N)c(C)n(-c2cccc(C(F)(F)F)c2)c1=O.CCCn1c(=O)c([N+](=O)[O-])c(C)n(-c2cccc(C(F)(F)F)c2)c1=O.CCCn1c(=O)cc(C)n(-c2cccc(C(F)(F)F)c2)c1=O. The second kappa shape index (κ2) is 21.7. The van der Waals surface area contributed by atoms with E-state index in [9.17, 15) is 78.4 Å². The zero-order valence-electron chi connectivity index (χ0n) is 38.1. The average Bonchev–Trinajstić information content (AvgIpc) is 3.27. The van der Waals surface area contributed by atoms with Gasteiger partial charge in [-0.3, -0.25) is 51.9 Å². The van der Waals surface area contributed by atoms with Gasteiger partial charge in [0.1, 0.15) is 11.4 Å². The Bertz CT molecular complexity index is 3290. The van der Waals surface area contributed by atoms with Gasteiger partial charge in [0.05, 0.1) is 44.4 Å². The number of nitrogens with zero attached hydrogens (tertiary/aromatic N) is 7. The number of benzene rings is 3. The summed E-state index contributed by atoms with van der Waals surface area (Å²) in [6, 6.07) is 13.9. The summed E-state index contributed by atoms with van der Waals surface area (Å²) >= 11 is 0. The molecule has 0 aliphatic carbocycles. The van der Waals surface area contributed by atoms with E-state index in [1.54, 1.807) is 20.8 Å². The van der Waals surface area contributed by atoms with Crippen LogP contribution < -0.4 is 39.5 Å². The third-order valence-electron chi connectivity index (χ3n) is 10.4. The maximum atomic E-state index is 12.9. The summed E-state index contributed by atoms with van der Waals surface area (Å²) < 4.78 is 121. The molecule has 0 unspecified atom stereocenters. The van der Waals surface area contributed by atoms with Crippen LogP contribution in [0.3, 0.4) is 0 Å². The summed E-state index contributed by atoms with van der Waals surface area (Å²) in [4.78, 5) is 83.8. The number of anilines is 1. The number of halogens is 9. The topological polar surface area (TPSA) is 201 Å². The molecular formula is C45H45F9N8O8. The molecule has 25 heteroatoms. The third-order valence-corrected chi connectivity index (χ3v) is 10.4. The summed E-state index contributed by atoms with van der Waals surface area (Å²) in [6.07, 6.45) is -12.2. The lowest BCUT2D eigenvalue weighted by Gasteiger charge is -2.16. The van der Waals surface area contributed by atoms with Crippen LogP contribution >= 0.6 is 0 Å². The number of nitrogen functional groups attached to an aromatic ring is 1. The van der Waals surface area contributed by atoms with Gasteiger partial charge in [0.2, 0.25) is 0 Å². The Labute approximate surface area is 389 Å². The smallest absolute Gasteiger partial charge is 0.393 e. The summed E-state index contributed by atoms with van der Waals surface area (Å²) in [5, 5.41) is 11.2. The molecule has 376 valence electrons. The standard InChI is InChI=1S/C15H14F3N3O4.C15H16F3N3O2.C15H15F3N2O2/c1-3-7-19-13(22)12(21(24)25)9(2)20(14(19)23)11-6-4-5-10(8-11)15(16,17)18;1-3-7-20-13(22)12(19)9(2)21(14(20)23)11-6-4-5-10(8-11)15(16,17)18;1-3-7-19-13(21)8-10(2)20(14(19)22)12-6-4-5-11(9-12)15(16,17)18/h4-6,8H,3,7H2,1-2H3;4-6,8H,3,7,19H2,1-2H3;4-6,8-9H,3,7H2,1-2H3. The lowest BCUT2D eigenvalue weighted by Crippen LogP contribution is -2.41. The number of rotatable bonds is 10. The van der Waals surface area contributed by atoms with Gasteiger partial charge in [0.15, 0.2) is 0 Å². The van der Waals surface area contributed by atoms with Crippen LogP contribution in [-0.4, -0.2) is 32.3 Å². The molecule has 2 N–H and O–H groups in total. The highest BCUT2D eigenvalue weighted by atomic mass is 19.4. The highest BCUT2D eigenvalue weighted by Crippen LogP contribution is 2.32. The fourth-order valence-electron chi connectivity index (χ4n) is 7.07. The van der Waals surface area contributed by atoms with Crippen molar-refractivity contribution in [1.29, 1.82) is 0 Å². The Morgan fingerprint density at radius 3 is 1.23 bits per heavy atom. The van der Waals surface area contributed by atoms with Crippen molar-refractivity contribution in [3.8, 4) is 17.1 Å². The summed E-state index contributed by atoms with van der Waals surface area (Å²) in [7, 11) is 0. The lowest BCUT2D eigenvalue weighted by atomic mass is 10.2. The first kappa shape index (κ1) is 54.9. The van der Waals surface area contributed by atoms with Crippen molar-refractivity contribution in [2.45, 2.75) is 99.0 Å². The Hall–Kier alpha value is -7.73. The molecule has 0 aliphatic heterocycles. The van der Waals surface area contributed by atoms with Crippen LogP contribution in [0.25, 0.3) is 17.1 Å². The van der Waals surface area contributed by atoms with E-state index < -0.39 is 79.6 Å². The maximum absolute atomic E-state index is 12.9. The largest absolute Gasteiger partial charge is 0.416 e. The molecule has 0 atom stereocenters. The van der Waals surface area contributed by atoms with Gasteiger partial charge in [-0.05, 0) is 94.6 Å². The van der Waals surface area contributed by atoms with Crippen LogP contribution in [0.1, 0.15) is 73.8 Å². The van der Waals surface area contributed by atoms with E-state index >= 15 is 0 Å². The Morgan fingerprint density at radius 2 is 0.857 bits per heavy atom. The first-order valence-electron chi connectivity index (χ1n) is 21.0. The van der Waals surface area contributed by atoms with Crippen LogP contribution in [0, 0.1) is 30.9 Å². The second-order valence-electron chi connectivity index (χ2n) is 15.4. The van der Waals surface area contributed by atoms with Gasteiger partial charge in [0, 0.05) is 31.4 Å². The van der Waals surface area contributed by atoms with Gasteiger partial charge in [-0.15, -0.1) is 0 Å². The maximum Gasteiger partial charge on any atom is 0.416 e. The highest BCUT2D eigenvalue weighted by Gasteiger charge is 2.33. The van der Waals surface area contributed by atoms with E-state index in [4.69, 9.17) is 5.73 Å². The molecule has 6 aromatic rings. The van der Waals surface area contributed by atoms with E-state index in [1.807, 2.05) is 0 Å². The van der Waals surface area contributed by atoms with Crippen molar-refractivity contribution in [2.24, 2.45) is 0 Å². The quantitative estimate of drug-likeness (QED) is 0.0811.